The molecule has 22 heavy (non-hydrogen) atoms. The third kappa shape index (κ3) is 3.47. The second-order valence-corrected chi connectivity index (χ2v) is 6.05. The fourth-order valence-electron chi connectivity index (χ4n) is 2.05. The van der Waals surface area contributed by atoms with Crippen molar-refractivity contribution in [2.45, 2.75) is 0 Å². The molecule has 0 unspecified atom stereocenters. The van der Waals surface area contributed by atoms with Crippen LogP contribution >= 0.6 is 31.9 Å². The first-order valence-corrected chi connectivity index (χ1v) is 8.12. The molecule has 2 aromatic rings. The van der Waals surface area contributed by atoms with Crippen LogP contribution in [0.25, 0.3) is 12.2 Å². The van der Waals surface area contributed by atoms with Crippen LogP contribution in [0.5, 0.6) is 17.2 Å². The molecule has 0 fully saturated rings. The molecule has 5 heteroatoms. The monoisotopic (exact) mass is 426 g/mol. The normalized spacial score (nSPS) is 10.8. The van der Waals surface area contributed by atoms with Gasteiger partial charge >= 0.3 is 0 Å². The molecule has 0 spiro atoms. The van der Waals surface area contributed by atoms with E-state index in [1.54, 1.807) is 21.3 Å². The van der Waals surface area contributed by atoms with E-state index in [2.05, 4.69) is 31.9 Å². The van der Waals surface area contributed by atoms with Crippen molar-refractivity contribution in [1.29, 1.82) is 0 Å². The molecule has 0 aromatic heterocycles. The Kier molecular flexibility index (Phi) is 5.91. The van der Waals surface area contributed by atoms with Gasteiger partial charge in [0.2, 0.25) is 5.75 Å². The van der Waals surface area contributed by atoms with Gasteiger partial charge in [0.1, 0.15) is 0 Å². The predicted molar refractivity (Wildman–Crippen MR) is 96.9 cm³/mol. The van der Waals surface area contributed by atoms with Crippen molar-refractivity contribution in [3.63, 3.8) is 0 Å². The van der Waals surface area contributed by atoms with Crippen molar-refractivity contribution in [3.8, 4) is 17.2 Å². The number of hydrogen-bond acceptors (Lipinski definition) is 3. The van der Waals surface area contributed by atoms with Gasteiger partial charge < -0.3 is 14.2 Å². The summed E-state index contributed by atoms with van der Waals surface area (Å²) in [7, 11) is 4.79. The Morgan fingerprint density at radius 3 is 2.05 bits per heavy atom. The van der Waals surface area contributed by atoms with Gasteiger partial charge in [0.15, 0.2) is 11.5 Å². The third-order valence-corrected chi connectivity index (χ3v) is 4.69. The lowest BCUT2D eigenvalue weighted by atomic mass is 10.1. The highest BCUT2D eigenvalue weighted by molar-refractivity contribution is 9.11. The van der Waals surface area contributed by atoms with E-state index in [1.807, 2.05) is 42.5 Å². The molecule has 0 saturated heterocycles. The number of halogens is 2. The molecule has 116 valence electrons. The second-order valence-electron chi connectivity index (χ2n) is 4.40. The van der Waals surface area contributed by atoms with Gasteiger partial charge in [-0.15, -0.1) is 0 Å². The molecule has 0 radical (unpaired) electrons. The lowest BCUT2D eigenvalue weighted by Gasteiger charge is -2.15. The van der Waals surface area contributed by atoms with Gasteiger partial charge in [-0.25, -0.2) is 0 Å². The Balaban J connectivity index is 2.50. The van der Waals surface area contributed by atoms with E-state index >= 15 is 0 Å². The van der Waals surface area contributed by atoms with E-state index in [1.165, 1.54) is 0 Å². The molecule has 2 aromatic carbocycles. The minimum Gasteiger partial charge on any atom is -0.493 e. The summed E-state index contributed by atoms with van der Waals surface area (Å²) in [6, 6.07) is 9.92. The van der Waals surface area contributed by atoms with Crippen molar-refractivity contribution < 1.29 is 14.2 Å². The molecule has 0 N–H and O–H groups in total. The summed E-state index contributed by atoms with van der Waals surface area (Å²) in [6.07, 6.45) is 4.02. The van der Waals surface area contributed by atoms with Gasteiger partial charge in [0, 0.05) is 4.47 Å². The second kappa shape index (κ2) is 7.70. The van der Waals surface area contributed by atoms with Crippen molar-refractivity contribution in [1.82, 2.24) is 0 Å². The Morgan fingerprint density at radius 1 is 0.818 bits per heavy atom. The van der Waals surface area contributed by atoms with Crippen LogP contribution in [0.1, 0.15) is 11.1 Å². The van der Waals surface area contributed by atoms with Crippen LogP contribution in [-0.2, 0) is 0 Å². The first-order valence-electron chi connectivity index (χ1n) is 6.53. The lowest BCUT2D eigenvalue weighted by molar-refractivity contribution is 0.323. The fourth-order valence-corrected chi connectivity index (χ4v) is 3.06. The molecule has 0 amide bonds. The number of ether oxygens (including phenoxy) is 3. The number of hydrogen-bond donors (Lipinski definition) is 0. The van der Waals surface area contributed by atoms with E-state index < -0.39 is 0 Å². The smallest absolute Gasteiger partial charge is 0.204 e. The van der Waals surface area contributed by atoms with Crippen molar-refractivity contribution in [2.75, 3.05) is 21.3 Å². The highest BCUT2D eigenvalue weighted by Gasteiger charge is 2.17. The summed E-state index contributed by atoms with van der Waals surface area (Å²) in [5, 5.41) is 0. The van der Waals surface area contributed by atoms with Crippen LogP contribution in [0.4, 0.5) is 0 Å². The summed E-state index contributed by atoms with van der Waals surface area (Å²) in [5.74, 6) is 1.79. The summed E-state index contributed by atoms with van der Waals surface area (Å²) in [4.78, 5) is 0. The van der Waals surface area contributed by atoms with Gasteiger partial charge in [-0.05, 0) is 39.2 Å². The average Bonchev–Trinajstić information content (AvgIpc) is 2.54. The Labute approximate surface area is 147 Å². The first kappa shape index (κ1) is 16.9. The van der Waals surface area contributed by atoms with Gasteiger partial charge in [-0.2, -0.15) is 0 Å². The molecular formula is C17H16Br2O3. The number of methoxy groups -OCH3 is 3. The van der Waals surface area contributed by atoms with Crippen LogP contribution in [0.2, 0.25) is 0 Å². The van der Waals surface area contributed by atoms with Gasteiger partial charge in [0.05, 0.1) is 25.8 Å². The largest absolute Gasteiger partial charge is 0.493 e. The molecule has 0 atom stereocenters. The van der Waals surface area contributed by atoms with Crippen LogP contribution in [0.15, 0.2) is 39.3 Å². The maximum Gasteiger partial charge on any atom is 0.204 e. The average molecular weight is 428 g/mol. The molecule has 0 bridgehead atoms. The Morgan fingerprint density at radius 2 is 1.45 bits per heavy atom. The molecule has 0 heterocycles. The molecule has 0 saturated carbocycles. The topological polar surface area (TPSA) is 27.7 Å². The Hall–Kier alpha value is -1.46. The molecule has 0 aliphatic rings. The highest BCUT2D eigenvalue weighted by Crippen LogP contribution is 2.45. The summed E-state index contributed by atoms with van der Waals surface area (Å²) < 4.78 is 18.0. The Bertz CT molecular complexity index is 697. The van der Waals surface area contributed by atoms with Crippen LogP contribution in [0.3, 0.4) is 0 Å². The van der Waals surface area contributed by atoms with Crippen molar-refractivity contribution in [2.24, 2.45) is 0 Å². The maximum atomic E-state index is 5.43. The van der Waals surface area contributed by atoms with Crippen molar-refractivity contribution in [3.05, 3.63) is 50.4 Å². The summed E-state index contributed by atoms with van der Waals surface area (Å²) in [6.45, 7) is 0. The molecule has 3 nitrogen and oxygen atoms in total. The zero-order valence-corrected chi connectivity index (χ0v) is 15.7. The van der Waals surface area contributed by atoms with Gasteiger partial charge in [-0.3, -0.25) is 0 Å². The SMILES string of the molecule is COc1cc(/C=C\c2ccccc2Br)c(Br)c(OC)c1OC. The standard InChI is InChI=1S/C17H16Br2O3/c1-20-14-10-12(15(19)17(22-3)16(14)21-2)9-8-11-6-4-5-7-13(11)18/h4-10H,1-3H3/b9-8-. The molecule has 0 aliphatic carbocycles. The zero-order valence-electron chi connectivity index (χ0n) is 12.5. The van der Waals surface area contributed by atoms with E-state index in [0.717, 1.165) is 20.1 Å². The quantitative estimate of drug-likeness (QED) is 0.597. The molecular weight excluding hydrogens is 412 g/mol. The first-order chi connectivity index (χ1) is 10.6. The highest BCUT2D eigenvalue weighted by atomic mass is 79.9. The van der Waals surface area contributed by atoms with Crippen LogP contribution < -0.4 is 14.2 Å². The number of benzene rings is 2. The maximum absolute atomic E-state index is 5.43. The summed E-state index contributed by atoms with van der Waals surface area (Å²) in [5.41, 5.74) is 2.02. The fraction of sp³-hybridized carbons (Fsp3) is 0.176. The van der Waals surface area contributed by atoms with Crippen LogP contribution in [-0.4, -0.2) is 21.3 Å². The van der Waals surface area contributed by atoms with E-state index in [0.29, 0.717) is 17.2 Å². The minimum absolute atomic E-state index is 0.565. The van der Waals surface area contributed by atoms with Crippen LogP contribution in [0, 0.1) is 0 Å². The van der Waals surface area contributed by atoms with E-state index in [9.17, 15) is 0 Å². The van der Waals surface area contributed by atoms with Crippen molar-refractivity contribution >= 4 is 44.0 Å². The summed E-state index contributed by atoms with van der Waals surface area (Å²) >= 11 is 7.10. The molecule has 2 rings (SSSR count). The number of rotatable bonds is 5. The lowest BCUT2D eigenvalue weighted by Crippen LogP contribution is -1.97. The predicted octanol–water partition coefficient (Wildman–Crippen LogP) is 5.41. The molecule has 0 aliphatic heterocycles. The van der Waals surface area contributed by atoms with E-state index in [-0.39, 0.29) is 0 Å². The van der Waals surface area contributed by atoms with E-state index in [4.69, 9.17) is 14.2 Å². The third-order valence-electron chi connectivity index (χ3n) is 3.15. The van der Waals surface area contributed by atoms with Gasteiger partial charge in [0.25, 0.3) is 0 Å². The zero-order chi connectivity index (χ0) is 16.1. The van der Waals surface area contributed by atoms with Gasteiger partial charge in [-0.1, -0.05) is 46.3 Å². The minimum atomic E-state index is 0.565.